The molecule has 5 aliphatic rings. The quantitative estimate of drug-likeness (QED) is 0.486. The maximum absolute atomic E-state index is 14.1. The monoisotopic (exact) mass is 471 g/mol. The molecule has 2 aliphatic carbocycles. The molecule has 1 unspecified atom stereocenters. The third-order valence-corrected chi connectivity index (χ3v) is 12.0. The Bertz CT molecular complexity index is 1240. The number of sulfonamides is 1. The first kappa shape index (κ1) is 21.3. The number of hydrogen-bond donors (Lipinski definition) is 0. The Kier molecular flexibility index (Phi) is 3.67. The van der Waals surface area contributed by atoms with E-state index < -0.39 is 44.2 Å². The van der Waals surface area contributed by atoms with Gasteiger partial charge < -0.3 is 0 Å². The van der Waals surface area contributed by atoms with E-state index in [2.05, 4.69) is 13.8 Å². The predicted octanol–water partition coefficient (Wildman–Crippen LogP) is 2.42. The van der Waals surface area contributed by atoms with E-state index in [4.69, 9.17) is 0 Å². The molecule has 8 nitrogen and oxygen atoms in total. The summed E-state index contributed by atoms with van der Waals surface area (Å²) in [4.78, 5) is 40.3. The number of carbonyl (C=O) groups excluding carboxylic acids is 3. The summed E-state index contributed by atoms with van der Waals surface area (Å²) in [7, 11) is -3.81. The zero-order chi connectivity index (χ0) is 23.9. The molecule has 4 fully saturated rings. The highest BCUT2D eigenvalue weighted by molar-refractivity contribution is 7.90. The van der Waals surface area contributed by atoms with Crippen LogP contribution in [0.25, 0.3) is 0 Å². The summed E-state index contributed by atoms with van der Waals surface area (Å²) in [6.45, 7) is 9.48. The average Bonchev–Trinajstić information content (AvgIpc) is 3.04. The summed E-state index contributed by atoms with van der Waals surface area (Å²) < 4.78 is 28.0. The van der Waals surface area contributed by atoms with Crippen molar-refractivity contribution < 1.29 is 22.8 Å². The fraction of sp³-hybridized carbons (Fsp3) is 0.625. The molecule has 3 aliphatic heterocycles. The van der Waals surface area contributed by atoms with E-state index in [0.717, 1.165) is 22.2 Å². The molecule has 2 saturated heterocycles. The highest BCUT2D eigenvalue weighted by atomic mass is 32.2. The Morgan fingerprint density at radius 2 is 1.58 bits per heavy atom. The molecule has 1 aromatic carbocycles. The van der Waals surface area contributed by atoms with E-state index >= 15 is 0 Å². The van der Waals surface area contributed by atoms with E-state index in [9.17, 15) is 22.8 Å². The highest BCUT2D eigenvalue weighted by Crippen LogP contribution is 2.70. The molecule has 5 atom stereocenters. The number of benzene rings is 1. The van der Waals surface area contributed by atoms with Gasteiger partial charge in [-0.25, -0.2) is 12.7 Å². The maximum Gasteiger partial charge on any atom is 0.276 e. The van der Waals surface area contributed by atoms with Crippen molar-refractivity contribution in [1.82, 2.24) is 14.3 Å². The molecular weight excluding hydrogens is 442 g/mol. The first-order chi connectivity index (χ1) is 15.2. The molecule has 9 heteroatoms. The third kappa shape index (κ3) is 2.09. The molecule has 6 rings (SSSR count). The van der Waals surface area contributed by atoms with Gasteiger partial charge in [-0.1, -0.05) is 26.0 Å². The third-order valence-electron chi connectivity index (χ3n) is 10.1. The van der Waals surface area contributed by atoms with E-state index in [1.165, 1.54) is 5.01 Å². The van der Waals surface area contributed by atoms with Crippen LogP contribution < -0.4 is 0 Å². The Hall–Kier alpha value is -2.26. The molecule has 33 heavy (non-hydrogen) atoms. The standard InChI is InChI=1S/C24H29N3O5S/c1-21(2)14-10-11-24(21)13-33(31,32)26(17(24)12-14)20(30)23(5)22(3,4)27(23)25-18(28)15-8-6-7-9-16(15)19(25)29/h6-9,14,17H,10-13H2,1-5H3/t14-,17-,23-,24-,27?/m1/s1. The van der Waals surface area contributed by atoms with Gasteiger partial charge in [0.15, 0.2) is 0 Å². The summed E-state index contributed by atoms with van der Waals surface area (Å²) >= 11 is 0. The Morgan fingerprint density at radius 3 is 2.12 bits per heavy atom. The van der Waals surface area contributed by atoms with Crippen molar-refractivity contribution in [3.05, 3.63) is 35.4 Å². The lowest BCUT2D eigenvalue weighted by Gasteiger charge is -2.37. The van der Waals surface area contributed by atoms with Crippen LogP contribution in [0.3, 0.4) is 0 Å². The van der Waals surface area contributed by atoms with Crippen molar-refractivity contribution >= 4 is 27.7 Å². The summed E-state index contributed by atoms with van der Waals surface area (Å²) in [5, 5.41) is 2.51. The van der Waals surface area contributed by atoms with Crippen LogP contribution in [0.4, 0.5) is 0 Å². The van der Waals surface area contributed by atoms with Crippen LogP contribution in [0.5, 0.6) is 0 Å². The summed E-state index contributed by atoms with van der Waals surface area (Å²) in [5.41, 5.74) is -2.23. The van der Waals surface area contributed by atoms with Crippen molar-refractivity contribution in [2.24, 2.45) is 16.7 Å². The van der Waals surface area contributed by atoms with Crippen molar-refractivity contribution in [3.63, 3.8) is 0 Å². The molecular formula is C24H29N3O5S. The van der Waals surface area contributed by atoms with Gasteiger partial charge in [0.05, 0.1) is 28.5 Å². The first-order valence-electron chi connectivity index (χ1n) is 11.6. The second-order valence-corrected chi connectivity index (χ2v) is 13.5. The molecule has 2 bridgehead atoms. The lowest BCUT2D eigenvalue weighted by atomic mass is 9.69. The zero-order valence-corrected chi connectivity index (χ0v) is 20.4. The molecule has 2 saturated carbocycles. The van der Waals surface area contributed by atoms with Crippen LogP contribution in [-0.4, -0.2) is 63.3 Å². The molecule has 3 heterocycles. The van der Waals surface area contributed by atoms with Gasteiger partial charge in [-0.2, -0.15) is 10.0 Å². The van der Waals surface area contributed by atoms with Gasteiger partial charge in [0, 0.05) is 5.41 Å². The van der Waals surface area contributed by atoms with Crippen LogP contribution in [0.15, 0.2) is 24.3 Å². The van der Waals surface area contributed by atoms with E-state index in [-0.39, 0.29) is 17.2 Å². The predicted molar refractivity (Wildman–Crippen MR) is 119 cm³/mol. The zero-order valence-electron chi connectivity index (χ0n) is 19.6. The number of hydrazine groups is 1. The van der Waals surface area contributed by atoms with Crippen LogP contribution in [0.1, 0.15) is 74.6 Å². The highest BCUT2D eigenvalue weighted by Gasteiger charge is 2.80. The number of amides is 3. The normalized spacial score (nSPS) is 40.8. The fourth-order valence-electron chi connectivity index (χ4n) is 7.66. The van der Waals surface area contributed by atoms with Crippen LogP contribution in [0.2, 0.25) is 0 Å². The fourth-order valence-corrected chi connectivity index (χ4v) is 10.3. The number of rotatable bonds is 2. The van der Waals surface area contributed by atoms with Crippen LogP contribution in [-0.2, 0) is 14.8 Å². The van der Waals surface area contributed by atoms with Crippen LogP contribution in [0, 0.1) is 16.7 Å². The Labute approximate surface area is 193 Å². The van der Waals surface area contributed by atoms with Crippen LogP contribution >= 0.6 is 0 Å². The van der Waals surface area contributed by atoms with E-state index in [0.29, 0.717) is 23.5 Å². The Balaban J connectivity index is 1.39. The summed E-state index contributed by atoms with van der Waals surface area (Å²) in [5.74, 6) is -1.12. The Morgan fingerprint density at radius 1 is 1.00 bits per heavy atom. The minimum Gasteiger partial charge on any atom is -0.271 e. The molecule has 0 N–H and O–H groups in total. The van der Waals surface area contributed by atoms with Gasteiger partial charge in [0.2, 0.25) is 10.0 Å². The number of nitrogens with zero attached hydrogens (tertiary/aromatic N) is 3. The number of carbonyl (C=O) groups is 3. The minimum atomic E-state index is -3.81. The largest absolute Gasteiger partial charge is 0.276 e. The molecule has 0 aromatic heterocycles. The van der Waals surface area contributed by atoms with Crippen molar-refractivity contribution in [3.8, 4) is 0 Å². The second-order valence-electron chi connectivity index (χ2n) is 11.6. The number of fused-ring (bicyclic) bond motifs is 2. The second kappa shape index (κ2) is 5.68. The lowest BCUT2D eigenvalue weighted by Crippen LogP contribution is -2.51. The average molecular weight is 472 g/mol. The van der Waals surface area contributed by atoms with Crippen molar-refractivity contribution in [2.45, 2.75) is 71.0 Å². The van der Waals surface area contributed by atoms with Gasteiger partial charge >= 0.3 is 0 Å². The van der Waals surface area contributed by atoms with E-state index in [1.807, 2.05) is 0 Å². The molecule has 0 radical (unpaired) electrons. The van der Waals surface area contributed by atoms with E-state index in [1.54, 1.807) is 45.0 Å². The minimum absolute atomic E-state index is 0.0105. The molecule has 1 aromatic rings. The first-order valence-corrected chi connectivity index (χ1v) is 13.2. The topological polar surface area (TPSA) is 94.8 Å². The van der Waals surface area contributed by atoms with Crippen molar-refractivity contribution in [2.75, 3.05) is 5.75 Å². The smallest absolute Gasteiger partial charge is 0.271 e. The number of hydrogen-bond acceptors (Lipinski definition) is 6. The molecule has 1 spiro atoms. The van der Waals surface area contributed by atoms with Gasteiger partial charge in [0.1, 0.15) is 5.54 Å². The van der Waals surface area contributed by atoms with Crippen molar-refractivity contribution in [1.29, 1.82) is 0 Å². The van der Waals surface area contributed by atoms with Gasteiger partial charge in [0.25, 0.3) is 17.7 Å². The van der Waals surface area contributed by atoms with Gasteiger partial charge in [-0.05, 0) is 63.5 Å². The summed E-state index contributed by atoms with van der Waals surface area (Å²) in [6.07, 6.45) is 2.48. The molecule has 3 amide bonds. The van der Waals surface area contributed by atoms with Gasteiger partial charge in [-0.15, -0.1) is 0 Å². The van der Waals surface area contributed by atoms with Gasteiger partial charge in [-0.3, -0.25) is 14.4 Å². The lowest BCUT2D eigenvalue weighted by molar-refractivity contribution is -0.133. The number of imide groups is 1. The molecule has 176 valence electrons. The maximum atomic E-state index is 14.1. The summed E-state index contributed by atoms with van der Waals surface area (Å²) in [6, 6.07) is 6.21. The SMILES string of the molecule is CC1(C)[C@@H]2CC[C@]13CS(=O)(=O)N(C(=O)[C@@]1(C)N(N4C(=O)c5ccccc5C4=O)C1(C)C)[C@@H]3C2.